The van der Waals surface area contributed by atoms with Crippen molar-refractivity contribution >= 4 is 23.2 Å². The summed E-state index contributed by atoms with van der Waals surface area (Å²) in [5.41, 5.74) is 4.72. The third kappa shape index (κ3) is 4.97. The fourth-order valence-electron chi connectivity index (χ4n) is 5.23. The largest absolute Gasteiger partial charge is 0.305 e. The van der Waals surface area contributed by atoms with E-state index in [1.807, 2.05) is 12.1 Å². The molecule has 0 aliphatic carbocycles. The number of hydrogen-bond donors (Lipinski definition) is 0. The minimum absolute atomic E-state index is 0.173. The second kappa shape index (κ2) is 8.93. The molecule has 0 aromatic heterocycles. The van der Waals surface area contributed by atoms with Gasteiger partial charge < -0.3 is 4.90 Å². The Morgan fingerprint density at radius 2 is 1.68 bits per heavy atom. The molecule has 0 spiro atoms. The summed E-state index contributed by atoms with van der Waals surface area (Å²) < 4.78 is 0. The first-order valence-electron chi connectivity index (χ1n) is 11.4. The lowest BCUT2D eigenvalue weighted by Crippen LogP contribution is -2.56. The molecule has 0 N–H and O–H groups in total. The first-order valence-corrected chi connectivity index (χ1v) is 11.7. The molecule has 0 radical (unpaired) electrons. The van der Waals surface area contributed by atoms with Crippen LogP contribution in [0, 0.1) is 6.92 Å². The Bertz CT molecular complexity index is 932. The van der Waals surface area contributed by atoms with Gasteiger partial charge in [-0.15, -0.1) is 0 Å². The van der Waals surface area contributed by atoms with Crippen molar-refractivity contribution in [2.45, 2.75) is 52.1 Å². The van der Waals surface area contributed by atoms with E-state index in [0.717, 1.165) is 49.9 Å². The third-order valence-electron chi connectivity index (χ3n) is 6.76. The molecule has 1 fully saturated rings. The zero-order valence-corrected chi connectivity index (χ0v) is 20.0. The molecule has 1 amide bonds. The Kier molecular flexibility index (Phi) is 6.43. The van der Waals surface area contributed by atoms with Crippen LogP contribution in [0.1, 0.15) is 49.8 Å². The Morgan fingerprint density at radius 3 is 2.35 bits per heavy atom. The number of nitrogens with zero attached hydrogens (tertiary/aromatic N) is 3. The quantitative estimate of drug-likeness (QED) is 0.664. The molecule has 2 aromatic rings. The highest BCUT2D eigenvalue weighted by atomic mass is 35.5. The van der Waals surface area contributed by atoms with Gasteiger partial charge in [0.05, 0.1) is 6.54 Å². The number of fused-ring (bicyclic) bond motifs is 1. The monoisotopic (exact) mass is 439 g/mol. The lowest BCUT2D eigenvalue weighted by atomic mass is 9.79. The van der Waals surface area contributed by atoms with E-state index in [4.69, 9.17) is 11.6 Å². The Balaban J connectivity index is 1.40. The molecule has 4 rings (SSSR count). The summed E-state index contributed by atoms with van der Waals surface area (Å²) in [7, 11) is 0. The molecule has 166 valence electrons. The average molecular weight is 440 g/mol. The maximum absolute atomic E-state index is 13.5. The van der Waals surface area contributed by atoms with Crippen LogP contribution in [-0.4, -0.2) is 54.0 Å². The van der Waals surface area contributed by atoms with Gasteiger partial charge in [0.2, 0.25) is 5.91 Å². The molecule has 0 saturated carbocycles. The van der Waals surface area contributed by atoms with E-state index < -0.39 is 0 Å². The molecule has 2 aliphatic rings. The lowest BCUT2D eigenvalue weighted by molar-refractivity contribution is -0.121. The number of hydrogen-bond acceptors (Lipinski definition) is 3. The summed E-state index contributed by atoms with van der Waals surface area (Å²) in [6.45, 7) is 14.0. The number of piperazine rings is 1. The zero-order chi connectivity index (χ0) is 22.2. The molecule has 1 saturated heterocycles. The third-order valence-corrected chi connectivity index (χ3v) is 7.01. The molecule has 2 aromatic carbocycles. The second-order valence-corrected chi connectivity index (χ2v) is 10.3. The van der Waals surface area contributed by atoms with Crippen molar-refractivity contribution in [2.75, 3.05) is 37.6 Å². The standard InChI is InChI=1S/C26H34ClN3O/c1-19-5-10-23-20(2)16-26(3,4)30(24(23)15-19)25(31)18-29-13-11-28(12-14-29)17-21-6-8-22(27)9-7-21/h5-10,15,20H,11-14,16-18H2,1-4H3. The maximum Gasteiger partial charge on any atom is 0.241 e. The predicted molar refractivity (Wildman–Crippen MR) is 129 cm³/mol. The topological polar surface area (TPSA) is 26.8 Å². The van der Waals surface area contributed by atoms with Crippen LogP contribution < -0.4 is 4.90 Å². The number of amides is 1. The van der Waals surface area contributed by atoms with E-state index in [9.17, 15) is 4.79 Å². The average Bonchev–Trinajstić information content (AvgIpc) is 2.70. The molecular weight excluding hydrogens is 406 g/mol. The second-order valence-electron chi connectivity index (χ2n) is 9.89. The number of aryl methyl sites for hydroxylation is 1. The number of anilines is 1. The van der Waals surface area contributed by atoms with E-state index in [0.29, 0.717) is 12.5 Å². The van der Waals surface area contributed by atoms with Gasteiger partial charge in [-0.25, -0.2) is 0 Å². The van der Waals surface area contributed by atoms with Crippen molar-refractivity contribution in [3.05, 3.63) is 64.2 Å². The summed E-state index contributed by atoms with van der Waals surface area (Å²) in [6.07, 6.45) is 0.990. The zero-order valence-electron chi connectivity index (χ0n) is 19.2. The van der Waals surface area contributed by atoms with E-state index in [1.54, 1.807) is 0 Å². The Labute approximate surface area is 191 Å². The Morgan fingerprint density at radius 1 is 1.03 bits per heavy atom. The maximum atomic E-state index is 13.5. The van der Waals surface area contributed by atoms with E-state index >= 15 is 0 Å². The van der Waals surface area contributed by atoms with Gasteiger partial charge in [-0.1, -0.05) is 42.8 Å². The first-order chi connectivity index (χ1) is 14.7. The van der Waals surface area contributed by atoms with Gasteiger partial charge in [-0.05, 0) is 68.0 Å². The van der Waals surface area contributed by atoms with Crippen LogP contribution in [0.25, 0.3) is 0 Å². The minimum atomic E-state index is -0.173. The van der Waals surface area contributed by atoms with Gasteiger partial charge in [-0.3, -0.25) is 14.6 Å². The molecule has 1 atom stereocenters. The van der Waals surface area contributed by atoms with Crippen LogP contribution in [-0.2, 0) is 11.3 Å². The van der Waals surface area contributed by atoms with Crippen LogP contribution in [0.5, 0.6) is 0 Å². The van der Waals surface area contributed by atoms with Crippen molar-refractivity contribution in [3.63, 3.8) is 0 Å². The van der Waals surface area contributed by atoms with E-state index in [2.05, 4.69) is 72.7 Å². The highest BCUT2D eigenvalue weighted by Gasteiger charge is 2.40. The summed E-state index contributed by atoms with van der Waals surface area (Å²) >= 11 is 6.00. The summed E-state index contributed by atoms with van der Waals surface area (Å²) in [4.78, 5) is 20.4. The fraction of sp³-hybridized carbons (Fsp3) is 0.500. The van der Waals surface area contributed by atoms with Gasteiger partial charge in [0.15, 0.2) is 0 Å². The summed E-state index contributed by atoms with van der Waals surface area (Å²) in [6, 6.07) is 14.7. The molecule has 5 heteroatoms. The van der Waals surface area contributed by atoms with Crippen molar-refractivity contribution in [3.8, 4) is 0 Å². The van der Waals surface area contributed by atoms with Crippen LogP contribution in [0.4, 0.5) is 5.69 Å². The normalized spacial score (nSPS) is 21.7. The smallest absolute Gasteiger partial charge is 0.241 e. The molecule has 31 heavy (non-hydrogen) atoms. The lowest BCUT2D eigenvalue weighted by Gasteiger charge is -2.47. The van der Waals surface area contributed by atoms with Gasteiger partial charge in [0.1, 0.15) is 0 Å². The van der Waals surface area contributed by atoms with Crippen molar-refractivity contribution < 1.29 is 4.79 Å². The molecule has 4 nitrogen and oxygen atoms in total. The summed E-state index contributed by atoms with van der Waals surface area (Å²) in [5.74, 6) is 0.681. The van der Waals surface area contributed by atoms with Gasteiger partial charge in [0.25, 0.3) is 0 Å². The number of rotatable bonds is 4. The summed E-state index contributed by atoms with van der Waals surface area (Å²) in [5, 5.41) is 0.777. The molecule has 2 heterocycles. The van der Waals surface area contributed by atoms with Gasteiger partial charge in [-0.2, -0.15) is 0 Å². The Hall–Kier alpha value is -1.88. The predicted octanol–water partition coefficient (Wildman–Crippen LogP) is 5.09. The van der Waals surface area contributed by atoms with Crippen molar-refractivity contribution in [1.29, 1.82) is 0 Å². The fourth-order valence-corrected chi connectivity index (χ4v) is 5.35. The van der Waals surface area contributed by atoms with Crippen LogP contribution in [0.3, 0.4) is 0 Å². The van der Waals surface area contributed by atoms with E-state index in [1.165, 1.54) is 16.7 Å². The van der Waals surface area contributed by atoms with Crippen LogP contribution in [0.15, 0.2) is 42.5 Å². The van der Waals surface area contributed by atoms with Crippen LogP contribution in [0.2, 0.25) is 5.02 Å². The first kappa shape index (κ1) is 22.3. The molecule has 2 aliphatic heterocycles. The molecule has 0 bridgehead atoms. The van der Waals surface area contributed by atoms with Gasteiger partial charge >= 0.3 is 0 Å². The number of halogens is 1. The van der Waals surface area contributed by atoms with Gasteiger partial charge in [0, 0.05) is 49.0 Å². The minimum Gasteiger partial charge on any atom is -0.305 e. The molecular formula is C26H34ClN3O. The van der Waals surface area contributed by atoms with Crippen molar-refractivity contribution in [1.82, 2.24) is 9.80 Å². The van der Waals surface area contributed by atoms with Crippen molar-refractivity contribution in [2.24, 2.45) is 0 Å². The SMILES string of the molecule is Cc1ccc2c(c1)N(C(=O)CN1CCN(Cc3ccc(Cl)cc3)CC1)C(C)(C)CC2C. The van der Waals surface area contributed by atoms with Crippen LogP contribution >= 0.6 is 11.6 Å². The number of carbonyl (C=O) groups is 1. The number of carbonyl (C=O) groups excluding carboxylic acids is 1. The number of benzene rings is 2. The van der Waals surface area contributed by atoms with E-state index in [-0.39, 0.29) is 11.4 Å². The highest BCUT2D eigenvalue weighted by molar-refractivity contribution is 6.30. The molecule has 1 unspecified atom stereocenters. The highest BCUT2D eigenvalue weighted by Crippen LogP contribution is 2.43.